The zero-order chi connectivity index (χ0) is 37.9. The van der Waals surface area contributed by atoms with Gasteiger partial charge < -0.3 is 18.0 Å². The van der Waals surface area contributed by atoms with E-state index < -0.39 is 0 Å². The van der Waals surface area contributed by atoms with Gasteiger partial charge in [0.05, 0.1) is 22.1 Å². The lowest BCUT2D eigenvalue weighted by Crippen LogP contribution is -1.93. The van der Waals surface area contributed by atoms with Gasteiger partial charge in [-0.3, -0.25) is 4.98 Å². The Balaban J connectivity index is 0.952. The molecule has 5 heteroatoms. The van der Waals surface area contributed by atoms with Crippen LogP contribution in [0.1, 0.15) is 0 Å². The third-order valence-corrected chi connectivity index (χ3v) is 12.0. The molecule has 58 heavy (non-hydrogen) atoms. The minimum atomic E-state index is 0.796. The molecule has 270 valence electrons. The quantitative estimate of drug-likeness (QED) is 0.180. The highest BCUT2D eigenvalue weighted by molar-refractivity contribution is 6.14. The van der Waals surface area contributed by atoms with Gasteiger partial charge in [0.25, 0.3) is 0 Å². The van der Waals surface area contributed by atoms with Gasteiger partial charge in [-0.15, -0.1) is 0 Å². The molecule has 0 saturated carbocycles. The number of para-hydroxylation sites is 2. The van der Waals surface area contributed by atoms with Crippen molar-refractivity contribution in [3.63, 3.8) is 0 Å². The SMILES string of the molecule is c1ccc(-c2ccc3c(c2)c2ccccc2n3-c2ccc3oc4ccc(-c5ccc6c(c5)c5ccccc5n6-c5ccc6oc7cccnc7c6c5)cc4c3c2)cc1. The molecule has 8 aromatic carbocycles. The van der Waals surface area contributed by atoms with E-state index in [9.17, 15) is 0 Å². The van der Waals surface area contributed by atoms with Crippen molar-refractivity contribution in [3.8, 4) is 33.6 Å². The van der Waals surface area contributed by atoms with Crippen LogP contribution < -0.4 is 0 Å². The van der Waals surface area contributed by atoms with Gasteiger partial charge in [0.1, 0.15) is 22.3 Å². The van der Waals surface area contributed by atoms with Gasteiger partial charge in [-0.1, -0.05) is 84.9 Å². The summed E-state index contributed by atoms with van der Waals surface area (Å²) in [6.45, 7) is 0. The summed E-state index contributed by atoms with van der Waals surface area (Å²) in [7, 11) is 0. The summed E-state index contributed by atoms with van der Waals surface area (Å²) in [4.78, 5) is 4.64. The summed E-state index contributed by atoms with van der Waals surface area (Å²) in [6, 6.07) is 65.0. The first kappa shape index (κ1) is 31.3. The van der Waals surface area contributed by atoms with Crippen molar-refractivity contribution >= 4 is 87.6 Å². The average molecular weight is 742 g/mol. The Morgan fingerprint density at radius 1 is 0.310 bits per heavy atom. The fourth-order valence-corrected chi connectivity index (χ4v) is 9.30. The first-order valence-electron chi connectivity index (χ1n) is 19.6. The Kier molecular flexibility index (Phi) is 6.38. The van der Waals surface area contributed by atoms with Crippen LogP contribution in [0.2, 0.25) is 0 Å². The lowest BCUT2D eigenvalue weighted by Gasteiger charge is -2.09. The van der Waals surface area contributed by atoms with Gasteiger partial charge in [0.2, 0.25) is 0 Å². The summed E-state index contributed by atoms with van der Waals surface area (Å²) in [5.41, 5.74) is 15.8. The number of nitrogens with zero attached hydrogens (tertiary/aromatic N) is 3. The molecule has 0 aliphatic carbocycles. The molecule has 5 aromatic heterocycles. The third kappa shape index (κ3) is 4.50. The van der Waals surface area contributed by atoms with Crippen molar-refractivity contribution in [2.45, 2.75) is 0 Å². The van der Waals surface area contributed by atoms with Crippen molar-refractivity contribution in [1.29, 1.82) is 0 Å². The molecule has 13 rings (SSSR count). The molecule has 0 amide bonds. The van der Waals surface area contributed by atoms with E-state index in [1.165, 1.54) is 43.7 Å². The first-order valence-corrected chi connectivity index (χ1v) is 19.6. The van der Waals surface area contributed by atoms with Gasteiger partial charge >= 0.3 is 0 Å². The predicted octanol–water partition coefficient (Wildman–Crippen LogP) is 14.4. The van der Waals surface area contributed by atoms with Gasteiger partial charge in [-0.05, 0) is 119 Å². The Bertz CT molecular complexity index is 3810. The smallest absolute Gasteiger partial charge is 0.153 e. The molecule has 0 fully saturated rings. The molecule has 0 aliphatic heterocycles. The van der Waals surface area contributed by atoms with Gasteiger partial charge in [-0.2, -0.15) is 0 Å². The Morgan fingerprint density at radius 3 is 1.47 bits per heavy atom. The van der Waals surface area contributed by atoms with Crippen molar-refractivity contribution in [2.75, 3.05) is 0 Å². The van der Waals surface area contributed by atoms with Gasteiger partial charge in [0.15, 0.2) is 5.58 Å². The molecule has 0 radical (unpaired) electrons. The minimum absolute atomic E-state index is 0.796. The summed E-state index contributed by atoms with van der Waals surface area (Å²) in [5, 5.41) is 8.07. The lowest BCUT2D eigenvalue weighted by molar-refractivity contribution is 0.668. The van der Waals surface area contributed by atoms with Gasteiger partial charge in [-0.25, -0.2) is 0 Å². The van der Waals surface area contributed by atoms with Crippen LogP contribution in [-0.2, 0) is 0 Å². The zero-order valence-corrected chi connectivity index (χ0v) is 31.1. The number of benzene rings is 8. The summed E-state index contributed by atoms with van der Waals surface area (Å²) in [5.74, 6) is 0. The predicted molar refractivity (Wildman–Crippen MR) is 238 cm³/mol. The average Bonchev–Trinajstić information content (AvgIpc) is 4.03. The van der Waals surface area contributed by atoms with Crippen LogP contribution in [0, 0.1) is 0 Å². The van der Waals surface area contributed by atoms with E-state index in [1.54, 1.807) is 0 Å². The zero-order valence-electron chi connectivity index (χ0n) is 31.1. The maximum absolute atomic E-state index is 6.46. The van der Waals surface area contributed by atoms with Gasteiger partial charge in [0, 0.05) is 55.3 Å². The fraction of sp³-hybridized carbons (Fsp3) is 0. The molecule has 5 heterocycles. The number of hydrogen-bond acceptors (Lipinski definition) is 3. The molecule has 0 aliphatic rings. The van der Waals surface area contributed by atoms with E-state index in [1.807, 2.05) is 18.3 Å². The molecule has 0 atom stereocenters. The highest BCUT2D eigenvalue weighted by Gasteiger charge is 2.18. The molecule has 0 N–H and O–H groups in total. The van der Waals surface area contributed by atoms with E-state index in [4.69, 9.17) is 8.83 Å². The molecule has 13 aromatic rings. The number of fused-ring (bicyclic) bond motifs is 12. The van der Waals surface area contributed by atoms with Crippen LogP contribution in [0.25, 0.3) is 121 Å². The lowest BCUT2D eigenvalue weighted by atomic mass is 10.0. The van der Waals surface area contributed by atoms with E-state index in [-0.39, 0.29) is 0 Å². The number of hydrogen-bond donors (Lipinski definition) is 0. The van der Waals surface area contributed by atoms with E-state index >= 15 is 0 Å². The van der Waals surface area contributed by atoms with Crippen LogP contribution in [0.5, 0.6) is 0 Å². The van der Waals surface area contributed by atoms with Crippen molar-refractivity contribution in [2.24, 2.45) is 0 Å². The van der Waals surface area contributed by atoms with Crippen molar-refractivity contribution in [3.05, 3.63) is 188 Å². The second-order valence-electron chi connectivity index (χ2n) is 15.2. The molecule has 0 spiro atoms. The molecule has 5 nitrogen and oxygen atoms in total. The maximum Gasteiger partial charge on any atom is 0.153 e. The second kappa shape index (κ2) is 11.8. The highest BCUT2D eigenvalue weighted by Crippen LogP contribution is 2.40. The van der Waals surface area contributed by atoms with Crippen molar-refractivity contribution < 1.29 is 8.83 Å². The Morgan fingerprint density at radius 2 is 0.793 bits per heavy atom. The second-order valence-corrected chi connectivity index (χ2v) is 15.2. The first-order chi connectivity index (χ1) is 28.7. The summed E-state index contributed by atoms with van der Waals surface area (Å²) in [6.07, 6.45) is 1.82. The van der Waals surface area contributed by atoms with Crippen LogP contribution in [0.15, 0.2) is 197 Å². The molecular formula is C53H31N3O2. The summed E-state index contributed by atoms with van der Waals surface area (Å²) < 4.78 is 17.3. The number of furan rings is 2. The fourth-order valence-electron chi connectivity index (χ4n) is 9.30. The Hall–Kier alpha value is -7.89. The molecular weight excluding hydrogens is 711 g/mol. The van der Waals surface area contributed by atoms with Crippen LogP contribution in [0.3, 0.4) is 0 Å². The maximum atomic E-state index is 6.46. The largest absolute Gasteiger partial charge is 0.456 e. The standard InChI is InChI=1S/C53H31N3O2/c1-2-9-32(10-3-1)33-16-21-47-40(27-33)38-11-4-6-13-45(38)55(47)36-19-24-50-43(30-36)42-29-35(18-23-49(42)57-50)34-17-22-48-41(28-34)39-12-5-7-14-46(39)56(48)37-20-25-51-44(31-37)53-52(58-51)15-8-26-54-53/h1-31H. The van der Waals surface area contributed by atoms with E-state index in [0.29, 0.717) is 0 Å². The summed E-state index contributed by atoms with van der Waals surface area (Å²) >= 11 is 0. The normalized spacial score (nSPS) is 12.1. The van der Waals surface area contributed by atoms with Crippen molar-refractivity contribution in [1.82, 2.24) is 14.1 Å². The van der Waals surface area contributed by atoms with E-state index in [2.05, 4.69) is 184 Å². The Labute approximate surface area is 331 Å². The topological polar surface area (TPSA) is 49.0 Å². The van der Waals surface area contributed by atoms with Crippen LogP contribution in [0.4, 0.5) is 0 Å². The highest BCUT2D eigenvalue weighted by atomic mass is 16.3. The van der Waals surface area contributed by atoms with E-state index in [0.717, 1.165) is 77.5 Å². The third-order valence-electron chi connectivity index (χ3n) is 12.0. The minimum Gasteiger partial charge on any atom is -0.456 e. The number of rotatable bonds is 4. The molecule has 0 saturated heterocycles. The molecule has 0 unspecified atom stereocenters. The monoisotopic (exact) mass is 741 g/mol. The number of pyridine rings is 1. The van der Waals surface area contributed by atoms with Crippen LogP contribution >= 0.6 is 0 Å². The number of aromatic nitrogens is 3. The van der Waals surface area contributed by atoms with Crippen LogP contribution in [-0.4, -0.2) is 14.1 Å². The molecule has 0 bridgehead atoms.